The lowest BCUT2D eigenvalue weighted by molar-refractivity contribution is 0.0697. The van der Waals surface area contributed by atoms with Crippen LogP contribution in [0.2, 0.25) is 0 Å². The molecule has 2 aromatic carbocycles. The van der Waals surface area contributed by atoms with Gasteiger partial charge < -0.3 is 5.11 Å². The molecule has 0 fully saturated rings. The highest BCUT2D eigenvalue weighted by Crippen LogP contribution is 2.24. The van der Waals surface area contributed by atoms with Crippen molar-refractivity contribution in [2.45, 2.75) is 6.92 Å². The van der Waals surface area contributed by atoms with E-state index in [1.165, 1.54) is 5.56 Å². The maximum absolute atomic E-state index is 11.3. The van der Waals surface area contributed by atoms with Crippen LogP contribution in [0, 0.1) is 6.92 Å². The van der Waals surface area contributed by atoms with Gasteiger partial charge in [-0.05, 0) is 42.3 Å². The minimum atomic E-state index is -0.947. The number of carboxylic acid groups (broad SMARTS) is 1. The summed E-state index contributed by atoms with van der Waals surface area (Å²) in [5.74, 6) is -0.947. The second-order valence-electron chi connectivity index (χ2n) is 4.89. The van der Waals surface area contributed by atoms with Gasteiger partial charge in [0.1, 0.15) is 0 Å². The van der Waals surface area contributed by atoms with Crippen molar-refractivity contribution in [3.8, 4) is 16.8 Å². The van der Waals surface area contributed by atoms with E-state index >= 15 is 0 Å². The normalized spacial score (nSPS) is 10.5. The van der Waals surface area contributed by atoms with Crippen LogP contribution in [-0.4, -0.2) is 20.9 Å². The smallest absolute Gasteiger partial charge is 0.335 e. The minimum Gasteiger partial charge on any atom is -0.478 e. The molecule has 0 aliphatic carbocycles. The molecule has 1 aromatic heterocycles. The average Bonchev–Trinajstić information content (AvgIpc) is 3.02. The molecule has 4 nitrogen and oxygen atoms in total. The maximum atomic E-state index is 11.3. The van der Waals surface area contributed by atoms with E-state index in [0.29, 0.717) is 0 Å². The van der Waals surface area contributed by atoms with Gasteiger partial charge in [-0.1, -0.05) is 29.8 Å². The van der Waals surface area contributed by atoms with Gasteiger partial charge in [0, 0.05) is 12.4 Å². The summed E-state index contributed by atoms with van der Waals surface area (Å²) in [5.41, 5.74) is 3.99. The predicted octanol–water partition coefficient (Wildman–Crippen LogP) is 3.55. The lowest BCUT2D eigenvalue weighted by Crippen LogP contribution is -2.01. The molecule has 0 aliphatic rings. The fourth-order valence-corrected chi connectivity index (χ4v) is 2.20. The molecule has 0 unspecified atom stereocenters. The van der Waals surface area contributed by atoms with Gasteiger partial charge in [0.25, 0.3) is 0 Å². The summed E-state index contributed by atoms with van der Waals surface area (Å²) in [6, 6.07) is 15.0. The Morgan fingerprint density at radius 2 is 1.86 bits per heavy atom. The molecule has 0 spiro atoms. The molecule has 0 amide bonds. The molecular formula is C17H14N2O2. The second kappa shape index (κ2) is 5.25. The number of hydrogen-bond donors (Lipinski definition) is 1. The minimum absolute atomic E-state index is 0.249. The van der Waals surface area contributed by atoms with Crippen molar-refractivity contribution in [2.75, 3.05) is 0 Å². The van der Waals surface area contributed by atoms with Crippen molar-refractivity contribution in [1.82, 2.24) is 9.78 Å². The Balaban J connectivity index is 2.16. The van der Waals surface area contributed by atoms with Gasteiger partial charge in [-0.15, -0.1) is 0 Å². The first-order valence-electron chi connectivity index (χ1n) is 6.59. The summed E-state index contributed by atoms with van der Waals surface area (Å²) in [7, 11) is 0. The maximum Gasteiger partial charge on any atom is 0.335 e. The Morgan fingerprint density at radius 3 is 2.48 bits per heavy atom. The van der Waals surface area contributed by atoms with E-state index in [-0.39, 0.29) is 5.56 Å². The Morgan fingerprint density at radius 1 is 1.10 bits per heavy atom. The standard InChI is InChI=1S/C17H14N2O2/c1-12-3-5-13(6-4-12)14-9-15(17(20)21)11-16(10-14)19-8-2-7-18-19/h2-11H,1H3,(H,20,21). The van der Waals surface area contributed by atoms with Gasteiger partial charge >= 0.3 is 5.97 Å². The fourth-order valence-electron chi connectivity index (χ4n) is 2.20. The van der Waals surface area contributed by atoms with Crippen LogP contribution in [-0.2, 0) is 0 Å². The zero-order valence-electron chi connectivity index (χ0n) is 11.5. The van der Waals surface area contributed by atoms with Gasteiger partial charge in [-0.3, -0.25) is 0 Å². The lowest BCUT2D eigenvalue weighted by Gasteiger charge is -2.08. The van der Waals surface area contributed by atoms with E-state index in [1.807, 2.05) is 37.3 Å². The first kappa shape index (κ1) is 13.1. The van der Waals surface area contributed by atoms with Crippen molar-refractivity contribution in [3.63, 3.8) is 0 Å². The van der Waals surface area contributed by atoms with Crippen molar-refractivity contribution >= 4 is 5.97 Å². The summed E-state index contributed by atoms with van der Waals surface area (Å²) in [4.78, 5) is 11.3. The molecule has 1 heterocycles. The second-order valence-corrected chi connectivity index (χ2v) is 4.89. The molecule has 0 atom stereocenters. The number of carboxylic acids is 1. The van der Waals surface area contributed by atoms with Crippen molar-refractivity contribution in [3.05, 3.63) is 72.1 Å². The van der Waals surface area contributed by atoms with Crippen LogP contribution in [0.5, 0.6) is 0 Å². The van der Waals surface area contributed by atoms with E-state index in [2.05, 4.69) is 5.10 Å². The number of hydrogen-bond acceptors (Lipinski definition) is 2. The molecule has 0 saturated heterocycles. The molecule has 0 bridgehead atoms. The number of carbonyl (C=O) groups is 1. The van der Waals surface area contributed by atoms with E-state index in [9.17, 15) is 9.90 Å². The van der Waals surface area contributed by atoms with Gasteiger partial charge in [0.2, 0.25) is 0 Å². The summed E-state index contributed by atoms with van der Waals surface area (Å²) >= 11 is 0. The van der Waals surface area contributed by atoms with Crippen LogP contribution in [0.15, 0.2) is 60.9 Å². The van der Waals surface area contributed by atoms with Crippen LogP contribution in [0.4, 0.5) is 0 Å². The summed E-state index contributed by atoms with van der Waals surface area (Å²) in [6.45, 7) is 2.02. The fraction of sp³-hybridized carbons (Fsp3) is 0.0588. The topological polar surface area (TPSA) is 55.1 Å². The SMILES string of the molecule is Cc1ccc(-c2cc(C(=O)O)cc(-n3cccn3)c2)cc1. The van der Waals surface area contributed by atoms with Crippen LogP contribution in [0.3, 0.4) is 0 Å². The molecule has 0 aliphatic heterocycles. The molecule has 3 rings (SSSR count). The molecule has 3 aromatic rings. The largest absolute Gasteiger partial charge is 0.478 e. The Kier molecular flexibility index (Phi) is 3.28. The van der Waals surface area contributed by atoms with Crippen molar-refractivity contribution < 1.29 is 9.90 Å². The number of benzene rings is 2. The van der Waals surface area contributed by atoms with Crippen LogP contribution >= 0.6 is 0 Å². The van der Waals surface area contributed by atoms with Crippen LogP contribution < -0.4 is 0 Å². The zero-order valence-corrected chi connectivity index (χ0v) is 11.5. The third-order valence-corrected chi connectivity index (χ3v) is 3.32. The zero-order chi connectivity index (χ0) is 14.8. The molecule has 21 heavy (non-hydrogen) atoms. The monoisotopic (exact) mass is 278 g/mol. The number of rotatable bonds is 3. The number of aromatic carboxylic acids is 1. The molecule has 104 valence electrons. The number of aromatic nitrogens is 2. The molecule has 0 radical (unpaired) electrons. The summed E-state index contributed by atoms with van der Waals surface area (Å²) in [6.07, 6.45) is 3.46. The van der Waals surface area contributed by atoms with Crippen LogP contribution in [0.1, 0.15) is 15.9 Å². The first-order valence-corrected chi connectivity index (χ1v) is 6.59. The lowest BCUT2D eigenvalue weighted by atomic mass is 10.0. The molecule has 0 saturated carbocycles. The van der Waals surface area contributed by atoms with Gasteiger partial charge in [0.05, 0.1) is 11.3 Å². The van der Waals surface area contributed by atoms with Gasteiger partial charge in [-0.25, -0.2) is 9.48 Å². The molecular weight excluding hydrogens is 264 g/mol. The van der Waals surface area contributed by atoms with Crippen LogP contribution in [0.25, 0.3) is 16.8 Å². The number of nitrogens with zero attached hydrogens (tertiary/aromatic N) is 2. The number of aryl methyl sites for hydroxylation is 1. The van der Waals surface area contributed by atoms with E-state index < -0.39 is 5.97 Å². The molecule has 4 heteroatoms. The molecule has 1 N–H and O–H groups in total. The Bertz CT molecular complexity index is 775. The first-order chi connectivity index (χ1) is 10.1. The third kappa shape index (κ3) is 2.69. The van der Waals surface area contributed by atoms with E-state index in [0.717, 1.165) is 16.8 Å². The van der Waals surface area contributed by atoms with Crippen molar-refractivity contribution in [1.29, 1.82) is 0 Å². The highest BCUT2D eigenvalue weighted by Gasteiger charge is 2.09. The predicted molar refractivity (Wildman–Crippen MR) is 80.7 cm³/mol. The highest BCUT2D eigenvalue weighted by molar-refractivity contribution is 5.90. The summed E-state index contributed by atoms with van der Waals surface area (Å²) < 4.78 is 1.66. The van der Waals surface area contributed by atoms with Gasteiger partial charge in [-0.2, -0.15) is 5.10 Å². The van der Waals surface area contributed by atoms with Gasteiger partial charge in [0.15, 0.2) is 0 Å². The van der Waals surface area contributed by atoms with E-state index in [4.69, 9.17) is 0 Å². The quantitative estimate of drug-likeness (QED) is 0.797. The highest BCUT2D eigenvalue weighted by atomic mass is 16.4. The van der Waals surface area contributed by atoms with Crippen molar-refractivity contribution in [2.24, 2.45) is 0 Å². The van der Waals surface area contributed by atoms with E-state index in [1.54, 1.807) is 35.3 Å². The third-order valence-electron chi connectivity index (χ3n) is 3.32. The Hall–Kier alpha value is -2.88. The average molecular weight is 278 g/mol. The Labute approximate surface area is 122 Å². The summed E-state index contributed by atoms with van der Waals surface area (Å²) in [5, 5.41) is 13.5.